The first-order valence-electron chi connectivity index (χ1n) is 8.05. The second-order valence-electron chi connectivity index (χ2n) is 5.68. The smallest absolute Gasteiger partial charge is 0.269 e. The zero-order valence-corrected chi connectivity index (χ0v) is 14.6. The Morgan fingerprint density at radius 2 is 1.65 bits per heavy atom. The summed E-state index contributed by atoms with van der Waals surface area (Å²) < 4.78 is 5.93. The minimum atomic E-state index is -0.413. The Morgan fingerprint density at radius 3 is 2.35 bits per heavy atom. The van der Waals surface area contributed by atoms with Crippen molar-refractivity contribution >= 4 is 23.0 Å². The fourth-order valence-corrected chi connectivity index (χ4v) is 2.56. The van der Waals surface area contributed by atoms with Crippen molar-refractivity contribution in [3.8, 4) is 5.75 Å². The predicted octanol–water partition coefficient (Wildman–Crippen LogP) is 5.44. The van der Waals surface area contributed by atoms with E-state index >= 15 is 0 Å². The van der Waals surface area contributed by atoms with Crippen LogP contribution < -0.4 is 10.1 Å². The van der Waals surface area contributed by atoms with Crippen molar-refractivity contribution in [1.82, 2.24) is 0 Å². The van der Waals surface area contributed by atoms with Gasteiger partial charge in [0.1, 0.15) is 12.4 Å². The third-order valence-electron chi connectivity index (χ3n) is 3.84. The maximum atomic E-state index is 10.7. The number of non-ortho nitro benzene ring substituents is 1. The second-order valence-corrected chi connectivity index (χ2v) is 6.12. The van der Waals surface area contributed by atoms with Crippen LogP contribution in [0.15, 0.2) is 72.8 Å². The summed E-state index contributed by atoms with van der Waals surface area (Å²) >= 11 is 5.89. The fraction of sp³-hybridized carbons (Fsp3) is 0.100. The van der Waals surface area contributed by atoms with Gasteiger partial charge >= 0.3 is 0 Å². The molecular formula is C20H17ClN2O3. The number of ether oxygens (including phenoxy) is 1. The molecule has 0 bridgehead atoms. The fourth-order valence-electron chi connectivity index (χ4n) is 2.43. The summed E-state index contributed by atoms with van der Waals surface area (Å²) in [5, 5.41) is 14.7. The van der Waals surface area contributed by atoms with Gasteiger partial charge in [0.15, 0.2) is 0 Å². The van der Waals surface area contributed by atoms with Crippen LogP contribution in [0.2, 0.25) is 5.02 Å². The zero-order valence-electron chi connectivity index (χ0n) is 13.9. The summed E-state index contributed by atoms with van der Waals surface area (Å²) in [6.07, 6.45) is 0. The number of anilines is 1. The van der Waals surface area contributed by atoms with Gasteiger partial charge in [0.25, 0.3) is 5.69 Å². The number of benzene rings is 3. The molecule has 1 N–H and O–H groups in total. The number of nitrogens with zero attached hydrogens (tertiary/aromatic N) is 1. The Bertz CT molecular complexity index is 880. The summed E-state index contributed by atoms with van der Waals surface area (Å²) in [6.45, 7) is 1.00. The van der Waals surface area contributed by atoms with Crippen LogP contribution in [-0.2, 0) is 13.2 Å². The van der Waals surface area contributed by atoms with Crippen LogP contribution in [-0.4, -0.2) is 4.92 Å². The van der Waals surface area contributed by atoms with Crippen LogP contribution in [0.4, 0.5) is 11.4 Å². The van der Waals surface area contributed by atoms with Crippen molar-refractivity contribution in [2.75, 3.05) is 5.32 Å². The first-order valence-corrected chi connectivity index (χ1v) is 8.43. The normalized spacial score (nSPS) is 10.3. The molecule has 0 amide bonds. The van der Waals surface area contributed by atoms with Crippen LogP contribution in [0.5, 0.6) is 5.75 Å². The van der Waals surface area contributed by atoms with Crippen molar-refractivity contribution < 1.29 is 9.66 Å². The molecule has 6 heteroatoms. The Labute approximate surface area is 156 Å². The molecule has 132 valence electrons. The van der Waals surface area contributed by atoms with Gasteiger partial charge < -0.3 is 10.1 Å². The Hall–Kier alpha value is -3.05. The summed E-state index contributed by atoms with van der Waals surface area (Å²) in [5.74, 6) is 0.789. The van der Waals surface area contributed by atoms with Crippen molar-refractivity contribution in [2.24, 2.45) is 0 Å². The zero-order chi connectivity index (χ0) is 18.4. The quantitative estimate of drug-likeness (QED) is 0.445. The number of nitro groups is 1. The molecule has 0 saturated carbocycles. The molecule has 3 rings (SSSR count). The molecule has 0 aliphatic heterocycles. The summed E-state index contributed by atoms with van der Waals surface area (Å²) in [5.41, 5.74) is 2.91. The van der Waals surface area contributed by atoms with E-state index in [9.17, 15) is 10.1 Å². The lowest BCUT2D eigenvalue weighted by atomic mass is 10.2. The van der Waals surface area contributed by atoms with Crippen LogP contribution in [0, 0.1) is 10.1 Å². The number of nitrogens with one attached hydrogen (secondary N) is 1. The molecule has 0 saturated heterocycles. The van der Waals surface area contributed by atoms with E-state index in [1.807, 2.05) is 48.5 Å². The Kier molecular flexibility index (Phi) is 5.71. The number of hydrogen-bond acceptors (Lipinski definition) is 4. The summed E-state index contributed by atoms with van der Waals surface area (Å²) in [7, 11) is 0. The van der Waals surface area contributed by atoms with Crippen LogP contribution in [0.25, 0.3) is 0 Å². The molecule has 26 heavy (non-hydrogen) atoms. The van der Waals surface area contributed by atoms with Crippen LogP contribution in [0.1, 0.15) is 11.1 Å². The van der Waals surface area contributed by atoms with Gasteiger partial charge in [-0.3, -0.25) is 10.1 Å². The minimum absolute atomic E-state index is 0.0715. The molecule has 0 atom stereocenters. The third-order valence-corrected chi connectivity index (χ3v) is 4.09. The molecule has 0 heterocycles. The first-order chi connectivity index (χ1) is 12.6. The highest BCUT2D eigenvalue weighted by Crippen LogP contribution is 2.22. The van der Waals surface area contributed by atoms with Gasteiger partial charge in [-0.15, -0.1) is 0 Å². The molecular weight excluding hydrogens is 352 g/mol. The lowest BCUT2D eigenvalue weighted by molar-refractivity contribution is -0.384. The van der Waals surface area contributed by atoms with Crippen molar-refractivity contribution in [3.63, 3.8) is 0 Å². The highest BCUT2D eigenvalue weighted by atomic mass is 35.5. The van der Waals surface area contributed by atoms with Gasteiger partial charge in [-0.25, -0.2) is 0 Å². The molecule has 0 unspecified atom stereocenters. The largest absolute Gasteiger partial charge is 0.489 e. The lowest BCUT2D eigenvalue weighted by Crippen LogP contribution is -2.03. The van der Waals surface area contributed by atoms with Crippen molar-refractivity contribution in [2.45, 2.75) is 13.2 Å². The topological polar surface area (TPSA) is 64.4 Å². The minimum Gasteiger partial charge on any atom is -0.489 e. The van der Waals surface area contributed by atoms with Crippen LogP contribution in [0.3, 0.4) is 0 Å². The van der Waals surface area contributed by atoms with Gasteiger partial charge in [0, 0.05) is 35.0 Å². The van der Waals surface area contributed by atoms with Crippen molar-refractivity contribution in [1.29, 1.82) is 0 Å². The Balaban J connectivity index is 1.63. The average Bonchev–Trinajstić information content (AvgIpc) is 2.67. The first kappa shape index (κ1) is 17.8. The van der Waals surface area contributed by atoms with Crippen LogP contribution >= 0.6 is 11.6 Å². The van der Waals surface area contributed by atoms with Gasteiger partial charge in [-0.05, 0) is 35.9 Å². The van der Waals surface area contributed by atoms with Gasteiger partial charge in [-0.1, -0.05) is 41.9 Å². The molecule has 3 aromatic rings. The van der Waals surface area contributed by atoms with E-state index in [-0.39, 0.29) is 5.69 Å². The average molecular weight is 369 g/mol. The highest BCUT2D eigenvalue weighted by Gasteiger charge is 2.06. The number of para-hydroxylation sites is 1. The summed E-state index contributed by atoms with van der Waals surface area (Å²) in [4.78, 5) is 10.3. The van der Waals surface area contributed by atoms with E-state index < -0.39 is 4.92 Å². The SMILES string of the molecule is O=[N+]([O-])c1ccc(NCc2ccccc2OCc2ccc(Cl)cc2)cc1. The molecule has 0 spiro atoms. The monoisotopic (exact) mass is 368 g/mol. The molecule has 5 nitrogen and oxygen atoms in total. The number of rotatable bonds is 7. The van der Waals surface area contributed by atoms with E-state index in [2.05, 4.69) is 5.32 Å². The van der Waals surface area contributed by atoms with E-state index in [4.69, 9.17) is 16.3 Å². The highest BCUT2D eigenvalue weighted by molar-refractivity contribution is 6.30. The predicted molar refractivity (Wildman–Crippen MR) is 103 cm³/mol. The standard InChI is InChI=1S/C20H17ClN2O3/c21-17-7-5-15(6-8-17)14-26-20-4-2-1-3-16(20)13-22-18-9-11-19(12-10-18)23(24)25/h1-12,22H,13-14H2. The maximum absolute atomic E-state index is 10.7. The number of halogens is 1. The van der Waals surface area contributed by atoms with Crippen molar-refractivity contribution in [3.05, 3.63) is 99.1 Å². The number of hydrogen-bond donors (Lipinski definition) is 1. The van der Waals surface area contributed by atoms with Gasteiger partial charge in [-0.2, -0.15) is 0 Å². The maximum Gasteiger partial charge on any atom is 0.269 e. The third kappa shape index (κ3) is 4.74. The van der Waals surface area contributed by atoms with E-state index in [0.717, 1.165) is 22.6 Å². The molecule has 0 radical (unpaired) electrons. The van der Waals surface area contributed by atoms with E-state index in [0.29, 0.717) is 18.2 Å². The lowest BCUT2D eigenvalue weighted by Gasteiger charge is -2.13. The Morgan fingerprint density at radius 1 is 0.962 bits per heavy atom. The van der Waals surface area contributed by atoms with E-state index in [1.165, 1.54) is 12.1 Å². The second kappa shape index (κ2) is 8.36. The molecule has 0 aliphatic rings. The van der Waals surface area contributed by atoms with E-state index in [1.54, 1.807) is 12.1 Å². The number of nitro benzene ring substituents is 1. The molecule has 3 aromatic carbocycles. The molecule has 0 aromatic heterocycles. The molecule has 0 fully saturated rings. The van der Waals surface area contributed by atoms with Gasteiger partial charge in [0.05, 0.1) is 4.92 Å². The summed E-state index contributed by atoms with van der Waals surface area (Å²) in [6, 6.07) is 21.6. The van der Waals surface area contributed by atoms with Gasteiger partial charge in [0.2, 0.25) is 0 Å². The molecule has 0 aliphatic carbocycles.